The van der Waals surface area contributed by atoms with E-state index in [1.807, 2.05) is 30.5 Å². The maximum atomic E-state index is 13.8. The molecule has 0 N–H and O–H groups in total. The molecule has 5 rings (SSSR count). The van der Waals surface area contributed by atoms with Crippen LogP contribution in [0.15, 0.2) is 84.1 Å². The van der Waals surface area contributed by atoms with Gasteiger partial charge in [-0.1, -0.05) is 30.3 Å². The Morgan fingerprint density at radius 1 is 1.03 bits per heavy atom. The fourth-order valence-corrected chi connectivity index (χ4v) is 6.87. The van der Waals surface area contributed by atoms with Crippen LogP contribution in [0.25, 0.3) is 11.3 Å². The molecule has 0 aliphatic carbocycles. The van der Waals surface area contributed by atoms with Crippen LogP contribution >= 0.6 is 0 Å². The Morgan fingerprint density at radius 3 is 2.61 bits per heavy atom. The molecule has 1 aliphatic heterocycles. The van der Waals surface area contributed by atoms with Crippen molar-refractivity contribution in [2.45, 2.75) is 36.7 Å². The van der Waals surface area contributed by atoms with E-state index in [1.54, 1.807) is 34.9 Å². The number of methoxy groups -OCH3 is 2. The van der Waals surface area contributed by atoms with E-state index in [-0.39, 0.29) is 22.5 Å². The van der Waals surface area contributed by atoms with Crippen molar-refractivity contribution in [2.24, 2.45) is 0 Å². The largest absolute Gasteiger partial charge is 0.497 e. The Bertz CT molecular complexity index is 1520. The number of benzene rings is 3. The van der Waals surface area contributed by atoms with Crippen LogP contribution in [0, 0.1) is 5.82 Å². The second kappa shape index (κ2) is 11.0. The number of hydrogen-bond donors (Lipinski definition) is 0. The molecule has 38 heavy (non-hydrogen) atoms. The number of sulfonamides is 1. The molecule has 1 atom stereocenters. The van der Waals surface area contributed by atoms with Gasteiger partial charge in [0.05, 0.1) is 38.5 Å². The molecule has 1 aliphatic rings. The number of nitrogens with zero attached hydrogens (tertiary/aromatic N) is 3. The minimum atomic E-state index is -3.84. The fourth-order valence-electron chi connectivity index (χ4n) is 5.02. The van der Waals surface area contributed by atoms with Gasteiger partial charge in [0, 0.05) is 24.7 Å². The molecule has 0 spiro atoms. The average molecular weight is 536 g/mol. The number of halogens is 1. The van der Waals surface area contributed by atoms with E-state index >= 15 is 0 Å². The first-order chi connectivity index (χ1) is 18.4. The molecule has 3 aromatic carbocycles. The normalized spacial score (nSPS) is 16.0. The predicted octanol–water partition coefficient (Wildman–Crippen LogP) is 5.47. The van der Waals surface area contributed by atoms with Gasteiger partial charge in [-0.15, -0.1) is 0 Å². The summed E-state index contributed by atoms with van der Waals surface area (Å²) in [5.41, 5.74) is 3.87. The molecule has 1 saturated heterocycles. The van der Waals surface area contributed by atoms with Crippen LogP contribution < -0.4 is 9.47 Å². The van der Waals surface area contributed by atoms with Crippen molar-refractivity contribution in [3.8, 4) is 22.8 Å². The van der Waals surface area contributed by atoms with Gasteiger partial charge in [-0.05, 0) is 60.7 Å². The third kappa shape index (κ3) is 5.16. The van der Waals surface area contributed by atoms with E-state index in [0.29, 0.717) is 18.8 Å². The van der Waals surface area contributed by atoms with Crippen molar-refractivity contribution in [1.29, 1.82) is 0 Å². The Hall–Kier alpha value is -3.69. The quantitative estimate of drug-likeness (QED) is 0.284. The second-order valence-corrected chi connectivity index (χ2v) is 11.1. The average Bonchev–Trinajstić information content (AvgIpc) is 3.63. The molecule has 0 saturated carbocycles. The summed E-state index contributed by atoms with van der Waals surface area (Å²) in [6.45, 7) is 1.11. The molecule has 0 bridgehead atoms. The molecule has 4 aromatic rings. The van der Waals surface area contributed by atoms with Crippen LogP contribution in [0.4, 0.5) is 4.39 Å². The highest BCUT2D eigenvalue weighted by atomic mass is 32.2. The Balaban J connectivity index is 1.42. The molecule has 7 nitrogen and oxygen atoms in total. The SMILES string of the molecule is COc1ccc(OC)c(S(=O)(=O)N2CCC[C@H]2c2cccc(-c3cncn3CCc3ccc(F)cc3)c2)c1. The van der Waals surface area contributed by atoms with Gasteiger partial charge >= 0.3 is 0 Å². The van der Waals surface area contributed by atoms with E-state index in [4.69, 9.17) is 9.47 Å². The number of aryl methyl sites for hydroxylation is 2. The van der Waals surface area contributed by atoms with Gasteiger partial charge in [-0.2, -0.15) is 4.31 Å². The first kappa shape index (κ1) is 25.9. The lowest BCUT2D eigenvalue weighted by Crippen LogP contribution is -2.31. The van der Waals surface area contributed by atoms with E-state index in [1.165, 1.54) is 32.4 Å². The molecular weight excluding hydrogens is 505 g/mol. The zero-order valence-corrected chi connectivity index (χ0v) is 22.2. The van der Waals surface area contributed by atoms with E-state index in [0.717, 1.165) is 41.6 Å². The zero-order valence-electron chi connectivity index (χ0n) is 21.4. The molecule has 0 unspecified atom stereocenters. The standard InChI is InChI=1S/C29H30FN3O4S/c1-36-25-12-13-28(37-2)29(18-25)38(34,35)33-15-4-7-26(33)22-5-3-6-23(17-22)27-19-31-20-32(27)16-14-21-8-10-24(30)11-9-21/h3,5-6,8-13,17-20,26H,4,7,14-16H2,1-2H3/t26-/m0/s1. The van der Waals surface area contributed by atoms with Gasteiger partial charge in [0.25, 0.3) is 0 Å². The van der Waals surface area contributed by atoms with Gasteiger partial charge in [-0.3, -0.25) is 0 Å². The topological polar surface area (TPSA) is 73.7 Å². The number of aromatic nitrogens is 2. The van der Waals surface area contributed by atoms with Crippen molar-refractivity contribution >= 4 is 10.0 Å². The third-order valence-electron chi connectivity index (χ3n) is 7.00. The van der Waals surface area contributed by atoms with Gasteiger partial charge in [0.15, 0.2) is 0 Å². The van der Waals surface area contributed by atoms with Crippen molar-refractivity contribution in [2.75, 3.05) is 20.8 Å². The van der Waals surface area contributed by atoms with Gasteiger partial charge in [-0.25, -0.2) is 17.8 Å². The highest BCUT2D eigenvalue weighted by Gasteiger charge is 2.38. The summed E-state index contributed by atoms with van der Waals surface area (Å²) in [6.07, 6.45) is 5.82. The first-order valence-corrected chi connectivity index (χ1v) is 13.9. The fraction of sp³-hybridized carbons (Fsp3) is 0.276. The maximum Gasteiger partial charge on any atom is 0.247 e. The summed E-state index contributed by atoms with van der Waals surface area (Å²) in [4.78, 5) is 4.45. The summed E-state index contributed by atoms with van der Waals surface area (Å²) in [5, 5.41) is 0. The monoisotopic (exact) mass is 535 g/mol. The van der Waals surface area contributed by atoms with Crippen LogP contribution in [-0.4, -0.2) is 43.0 Å². The first-order valence-electron chi connectivity index (χ1n) is 12.5. The minimum absolute atomic E-state index is 0.0984. The maximum absolute atomic E-state index is 13.8. The van der Waals surface area contributed by atoms with E-state index < -0.39 is 10.0 Å². The molecule has 0 amide bonds. The summed E-state index contributed by atoms with van der Waals surface area (Å²) < 4.78 is 55.2. The lowest BCUT2D eigenvalue weighted by atomic mass is 10.0. The molecule has 2 heterocycles. The van der Waals surface area contributed by atoms with Gasteiger partial charge in [0.2, 0.25) is 10.0 Å². The number of hydrogen-bond acceptors (Lipinski definition) is 5. The smallest absolute Gasteiger partial charge is 0.247 e. The van der Waals surface area contributed by atoms with Crippen LogP contribution in [-0.2, 0) is 23.0 Å². The van der Waals surface area contributed by atoms with Crippen LogP contribution in [0.2, 0.25) is 0 Å². The molecule has 1 fully saturated rings. The number of rotatable bonds is 9. The molecule has 0 radical (unpaired) electrons. The van der Waals surface area contributed by atoms with Crippen molar-refractivity contribution < 1.29 is 22.3 Å². The Labute approximate surface area is 222 Å². The van der Waals surface area contributed by atoms with Crippen LogP contribution in [0.3, 0.4) is 0 Å². The number of imidazole rings is 1. The second-order valence-electron chi connectivity index (χ2n) is 9.26. The predicted molar refractivity (Wildman–Crippen MR) is 143 cm³/mol. The third-order valence-corrected chi connectivity index (χ3v) is 8.92. The highest BCUT2D eigenvalue weighted by molar-refractivity contribution is 7.89. The molecule has 198 valence electrons. The van der Waals surface area contributed by atoms with Crippen LogP contribution in [0.5, 0.6) is 11.5 Å². The summed E-state index contributed by atoms with van der Waals surface area (Å²) in [5.74, 6) is 0.493. The molecular formula is C29H30FN3O4S. The zero-order chi connectivity index (χ0) is 26.7. The molecule has 1 aromatic heterocycles. The number of ether oxygens (including phenoxy) is 2. The molecule has 9 heteroatoms. The Morgan fingerprint density at radius 2 is 1.84 bits per heavy atom. The lowest BCUT2D eigenvalue weighted by molar-refractivity contribution is 0.376. The lowest BCUT2D eigenvalue weighted by Gasteiger charge is -2.26. The van der Waals surface area contributed by atoms with Crippen molar-refractivity contribution in [3.63, 3.8) is 0 Å². The summed E-state index contributed by atoms with van der Waals surface area (Å²) in [7, 11) is -0.874. The van der Waals surface area contributed by atoms with E-state index in [2.05, 4.69) is 9.55 Å². The van der Waals surface area contributed by atoms with Crippen LogP contribution in [0.1, 0.15) is 30.0 Å². The highest BCUT2D eigenvalue weighted by Crippen LogP contribution is 2.40. The van der Waals surface area contributed by atoms with Gasteiger partial charge < -0.3 is 14.0 Å². The van der Waals surface area contributed by atoms with Gasteiger partial charge in [0.1, 0.15) is 22.2 Å². The summed E-state index contributed by atoms with van der Waals surface area (Å²) in [6, 6.07) is 19.0. The summed E-state index contributed by atoms with van der Waals surface area (Å²) >= 11 is 0. The van der Waals surface area contributed by atoms with Crippen molar-refractivity contribution in [1.82, 2.24) is 13.9 Å². The minimum Gasteiger partial charge on any atom is -0.497 e. The van der Waals surface area contributed by atoms with E-state index in [9.17, 15) is 12.8 Å². The van der Waals surface area contributed by atoms with Crippen molar-refractivity contribution in [3.05, 3.63) is 96.2 Å². The Kier molecular flexibility index (Phi) is 7.49.